The third kappa shape index (κ3) is 9.76. The second-order valence-corrected chi connectivity index (χ2v) is 6.13. The number of halogens is 3. The van der Waals surface area contributed by atoms with Gasteiger partial charge in [0.1, 0.15) is 5.60 Å². The van der Waals surface area contributed by atoms with E-state index in [1.54, 1.807) is 20.8 Å². The van der Waals surface area contributed by atoms with Gasteiger partial charge in [0.15, 0.2) is 0 Å². The van der Waals surface area contributed by atoms with E-state index in [1.165, 1.54) is 18.2 Å². The summed E-state index contributed by atoms with van der Waals surface area (Å²) in [7, 11) is 0. The molecule has 132 valence electrons. The minimum absolute atomic E-state index is 0.278. The zero-order chi connectivity index (χ0) is 18.3. The largest absolute Gasteiger partial charge is 0.481 e. The molecule has 7 heteroatoms. The van der Waals surface area contributed by atoms with E-state index in [0.717, 1.165) is 0 Å². The van der Waals surface area contributed by atoms with Gasteiger partial charge in [-0.3, -0.25) is 9.59 Å². The first-order valence-corrected chi connectivity index (χ1v) is 7.19. The van der Waals surface area contributed by atoms with Gasteiger partial charge in [-0.25, -0.2) is 0 Å². The molecule has 0 aliphatic heterocycles. The molecule has 4 nitrogen and oxygen atoms in total. The van der Waals surface area contributed by atoms with Gasteiger partial charge >= 0.3 is 18.1 Å². The van der Waals surface area contributed by atoms with Crippen molar-refractivity contribution in [2.75, 3.05) is 0 Å². The van der Waals surface area contributed by atoms with Gasteiger partial charge in [0.05, 0.1) is 11.8 Å². The van der Waals surface area contributed by atoms with Gasteiger partial charge in [0.25, 0.3) is 0 Å². The van der Waals surface area contributed by atoms with Crippen LogP contribution in [-0.4, -0.2) is 28.8 Å². The number of alkyl halides is 3. The van der Waals surface area contributed by atoms with Crippen molar-refractivity contribution in [3.63, 3.8) is 0 Å². The fourth-order valence-electron chi connectivity index (χ4n) is 1.92. The SMILES string of the molecule is C=CC=CC(C(=O)OC(C)(C)C)C(CCCC(F)(F)F)C(=O)O. The molecule has 0 aliphatic carbocycles. The van der Waals surface area contributed by atoms with E-state index >= 15 is 0 Å². The minimum atomic E-state index is -4.36. The van der Waals surface area contributed by atoms with Gasteiger partial charge in [-0.1, -0.05) is 24.8 Å². The Morgan fingerprint density at radius 1 is 1.26 bits per heavy atom. The highest BCUT2D eigenvalue weighted by atomic mass is 19.4. The van der Waals surface area contributed by atoms with Crippen LogP contribution in [0.25, 0.3) is 0 Å². The van der Waals surface area contributed by atoms with E-state index in [2.05, 4.69) is 6.58 Å². The standard InChI is InChI=1S/C16H23F3O4/c1-5-6-8-12(14(22)23-15(2,3)4)11(13(20)21)9-7-10-16(17,18)19/h5-6,8,11-12H,1,7,9-10H2,2-4H3,(H,20,21). The Hall–Kier alpha value is -1.79. The molecule has 2 unspecified atom stereocenters. The summed E-state index contributed by atoms with van der Waals surface area (Å²) in [5, 5.41) is 9.27. The second kappa shape index (κ2) is 8.74. The van der Waals surface area contributed by atoms with Crippen LogP contribution in [0.3, 0.4) is 0 Å². The quantitative estimate of drug-likeness (QED) is 0.535. The lowest BCUT2D eigenvalue weighted by atomic mass is 9.87. The monoisotopic (exact) mass is 336 g/mol. The van der Waals surface area contributed by atoms with Gasteiger partial charge in [-0.05, 0) is 33.6 Å². The Bertz CT molecular complexity index is 447. The first-order valence-electron chi connectivity index (χ1n) is 7.19. The molecule has 23 heavy (non-hydrogen) atoms. The number of esters is 1. The maximum atomic E-state index is 12.2. The number of aliphatic carboxylic acids is 1. The maximum absolute atomic E-state index is 12.2. The number of allylic oxidation sites excluding steroid dienone is 2. The van der Waals surface area contributed by atoms with Crippen LogP contribution in [-0.2, 0) is 14.3 Å². The Morgan fingerprint density at radius 2 is 1.83 bits per heavy atom. The number of carbonyl (C=O) groups is 2. The van der Waals surface area contributed by atoms with Crippen molar-refractivity contribution in [1.29, 1.82) is 0 Å². The fourth-order valence-corrected chi connectivity index (χ4v) is 1.92. The summed E-state index contributed by atoms with van der Waals surface area (Å²) in [5.41, 5.74) is -0.827. The van der Waals surface area contributed by atoms with E-state index in [1.807, 2.05) is 0 Å². The molecule has 0 saturated carbocycles. The van der Waals surface area contributed by atoms with E-state index in [0.29, 0.717) is 0 Å². The molecule has 1 N–H and O–H groups in total. The van der Waals surface area contributed by atoms with Gasteiger partial charge < -0.3 is 9.84 Å². The lowest BCUT2D eigenvalue weighted by Gasteiger charge is -2.25. The summed E-state index contributed by atoms with van der Waals surface area (Å²) in [6, 6.07) is 0. The summed E-state index contributed by atoms with van der Waals surface area (Å²) in [5.74, 6) is -4.58. The molecule has 0 radical (unpaired) electrons. The van der Waals surface area contributed by atoms with Crippen LogP contribution < -0.4 is 0 Å². The Labute approximate surface area is 134 Å². The van der Waals surface area contributed by atoms with Gasteiger partial charge in [-0.15, -0.1) is 0 Å². The highest BCUT2D eigenvalue weighted by Gasteiger charge is 2.36. The summed E-state index contributed by atoms with van der Waals surface area (Å²) in [6.45, 7) is 8.30. The lowest BCUT2D eigenvalue weighted by Crippen LogP contribution is -2.34. The zero-order valence-corrected chi connectivity index (χ0v) is 13.5. The number of carboxylic acid groups (broad SMARTS) is 1. The molecular weight excluding hydrogens is 313 g/mol. The predicted molar refractivity (Wildman–Crippen MR) is 79.7 cm³/mol. The van der Waals surface area contributed by atoms with E-state index < -0.39 is 42.0 Å². The Morgan fingerprint density at radius 3 is 2.22 bits per heavy atom. The topological polar surface area (TPSA) is 63.6 Å². The number of ether oxygens (including phenoxy) is 1. The first-order chi connectivity index (χ1) is 10.4. The van der Waals surface area contributed by atoms with Crippen molar-refractivity contribution in [3.05, 3.63) is 24.8 Å². The van der Waals surface area contributed by atoms with Crippen molar-refractivity contribution < 1.29 is 32.6 Å². The molecular formula is C16H23F3O4. The summed E-state index contributed by atoms with van der Waals surface area (Å²) >= 11 is 0. The predicted octanol–water partition coefficient (Wildman–Crippen LogP) is 4.12. The summed E-state index contributed by atoms with van der Waals surface area (Å²) in [4.78, 5) is 23.6. The Balaban J connectivity index is 5.18. The van der Waals surface area contributed by atoms with Crippen LogP contribution >= 0.6 is 0 Å². The molecule has 0 aliphatic rings. The van der Waals surface area contributed by atoms with Gasteiger partial charge in [0.2, 0.25) is 0 Å². The summed E-state index contributed by atoms with van der Waals surface area (Å²) in [6.07, 6.45) is -2.07. The third-order valence-electron chi connectivity index (χ3n) is 2.86. The molecule has 0 spiro atoms. The highest BCUT2D eigenvalue weighted by Crippen LogP contribution is 2.28. The van der Waals surface area contributed by atoms with Crippen molar-refractivity contribution in [2.45, 2.75) is 51.8 Å². The van der Waals surface area contributed by atoms with E-state index in [9.17, 15) is 27.9 Å². The summed E-state index contributed by atoms with van der Waals surface area (Å²) < 4.78 is 41.8. The number of hydrogen-bond donors (Lipinski definition) is 1. The third-order valence-corrected chi connectivity index (χ3v) is 2.86. The van der Waals surface area contributed by atoms with Crippen LogP contribution in [0.5, 0.6) is 0 Å². The molecule has 0 amide bonds. The van der Waals surface area contributed by atoms with Crippen LogP contribution in [0.2, 0.25) is 0 Å². The van der Waals surface area contributed by atoms with Crippen molar-refractivity contribution in [2.24, 2.45) is 11.8 Å². The van der Waals surface area contributed by atoms with E-state index in [-0.39, 0.29) is 12.8 Å². The first kappa shape index (κ1) is 21.2. The molecule has 0 aromatic carbocycles. The molecule has 0 aromatic heterocycles. The zero-order valence-electron chi connectivity index (χ0n) is 13.5. The molecule has 0 bridgehead atoms. The fraction of sp³-hybridized carbons (Fsp3) is 0.625. The molecule has 0 rings (SSSR count). The number of hydrogen-bond acceptors (Lipinski definition) is 3. The molecule has 0 fully saturated rings. The normalized spacial score (nSPS) is 15.2. The number of carbonyl (C=O) groups excluding carboxylic acids is 1. The van der Waals surface area contributed by atoms with Gasteiger partial charge in [0, 0.05) is 6.42 Å². The molecule has 0 aromatic rings. The molecule has 2 atom stereocenters. The van der Waals surface area contributed by atoms with Crippen LogP contribution in [0.15, 0.2) is 24.8 Å². The average Bonchev–Trinajstić information content (AvgIpc) is 2.33. The van der Waals surface area contributed by atoms with Crippen LogP contribution in [0, 0.1) is 11.8 Å². The molecule has 0 saturated heterocycles. The van der Waals surface area contributed by atoms with Crippen molar-refractivity contribution >= 4 is 11.9 Å². The second-order valence-electron chi connectivity index (χ2n) is 6.13. The van der Waals surface area contributed by atoms with Gasteiger partial charge in [-0.2, -0.15) is 13.2 Å². The number of carboxylic acids is 1. The highest BCUT2D eigenvalue weighted by molar-refractivity contribution is 5.82. The molecule has 0 heterocycles. The van der Waals surface area contributed by atoms with Crippen LogP contribution in [0.1, 0.15) is 40.0 Å². The Kier molecular flexibility index (Phi) is 8.06. The number of rotatable bonds is 8. The minimum Gasteiger partial charge on any atom is -0.481 e. The smallest absolute Gasteiger partial charge is 0.389 e. The van der Waals surface area contributed by atoms with Crippen molar-refractivity contribution in [3.8, 4) is 0 Å². The average molecular weight is 336 g/mol. The maximum Gasteiger partial charge on any atom is 0.389 e. The lowest BCUT2D eigenvalue weighted by molar-refractivity contribution is -0.164. The van der Waals surface area contributed by atoms with E-state index in [4.69, 9.17) is 4.74 Å². The van der Waals surface area contributed by atoms with Crippen LogP contribution in [0.4, 0.5) is 13.2 Å². The van der Waals surface area contributed by atoms with Crippen molar-refractivity contribution in [1.82, 2.24) is 0 Å².